The summed E-state index contributed by atoms with van der Waals surface area (Å²) in [6, 6.07) is 8.78. The Morgan fingerprint density at radius 2 is 1.83 bits per heavy atom. The lowest BCUT2D eigenvalue weighted by Gasteiger charge is -2.06. The van der Waals surface area contributed by atoms with Crippen LogP contribution in [0.15, 0.2) is 33.6 Å². The molecule has 1 aromatic rings. The number of hydrogen-bond donors (Lipinski definition) is 1. The Labute approximate surface area is 86.2 Å². The van der Waals surface area contributed by atoms with Crippen LogP contribution in [0.5, 0.6) is 0 Å². The molecule has 0 amide bonds. The van der Waals surface area contributed by atoms with Crippen LogP contribution in [-0.4, -0.2) is 6.04 Å². The molecule has 0 bridgehead atoms. The molecule has 0 atom stereocenters. The van der Waals surface area contributed by atoms with Crippen LogP contribution in [0.2, 0.25) is 0 Å². The SMILES string of the molecule is CC(C)NSc1ccc(Br)cc1. The molecule has 3 heteroatoms. The van der Waals surface area contributed by atoms with Crippen molar-refractivity contribution in [1.29, 1.82) is 0 Å². The highest BCUT2D eigenvalue weighted by molar-refractivity contribution is 9.10. The van der Waals surface area contributed by atoms with Gasteiger partial charge in [0.2, 0.25) is 0 Å². The minimum Gasteiger partial charge on any atom is -0.257 e. The minimum absolute atomic E-state index is 0.513. The minimum atomic E-state index is 0.513. The predicted molar refractivity (Wildman–Crippen MR) is 58.3 cm³/mol. The predicted octanol–water partition coefficient (Wildman–Crippen LogP) is 3.45. The summed E-state index contributed by atoms with van der Waals surface area (Å²) in [4.78, 5) is 1.24. The van der Waals surface area contributed by atoms with Crippen LogP contribution in [0.4, 0.5) is 0 Å². The maximum atomic E-state index is 3.40. The molecule has 0 fully saturated rings. The molecule has 1 N–H and O–H groups in total. The van der Waals surface area contributed by atoms with Gasteiger partial charge in [-0.05, 0) is 50.1 Å². The zero-order valence-electron chi connectivity index (χ0n) is 7.17. The van der Waals surface area contributed by atoms with E-state index < -0.39 is 0 Å². The first-order valence-electron chi connectivity index (χ1n) is 3.86. The Hall–Kier alpha value is 0.01000. The fourth-order valence-corrected chi connectivity index (χ4v) is 1.60. The van der Waals surface area contributed by atoms with Gasteiger partial charge in [0.25, 0.3) is 0 Å². The normalized spacial score (nSPS) is 10.7. The number of nitrogens with one attached hydrogen (secondary N) is 1. The van der Waals surface area contributed by atoms with Crippen molar-refractivity contribution in [2.75, 3.05) is 0 Å². The summed E-state index contributed by atoms with van der Waals surface area (Å²) >= 11 is 5.06. The highest BCUT2D eigenvalue weighted by Crippen LogP contribution is 2.18. The molecule has 0 radical (unpaired) electrons. The van der Waals surface area contributed by atoms with E-state index in [1.54, 1.807) is 11.9 Å². The highest BCUT2D eigenvalue weighted by atomic mass is 79.9. The van der Waals surface area contributed by atoms with Crippen LogP contribution in [0.3, 0.4) is 0 Å². The van der Waals surface area contributed by atoms with E-state index >= 15 is 0 Å². The molecule has 1 nitrogen and oxygen atoms in total. The molecular formula is C9H12BrNS. The Balaban J connectivity index is 2.48. The van der Waals surface area contributed by atoms with E-state index in [4.69, 9.17) is 0 Å². The quantitative estimate of drug-likeness (QED) is 0.820. The molecular weight excluding hydrogens is 234 g/mol. The van der Waals surface area contributed by atoms with E-state index in [1.165, 1.54) is 4.90 Å². The monoisotopic (exact) mass is 245 g/mol. The average Bonchev–Trinajstić information content (AvgIpc) is 2.03. The van der Waals surface area contributed by atoms with Gasteiger partial charge < -0.3 is 0 Å². The van der Waals surface area contributed by atoms with Gasteiger partial charge in [0, 0.05) is 15.4 Å². The number of benzene rings is 1. The zero-order valence-corrected chi connectivity index (χ0v) is 9.58. The molecule has 0 aliphatic heterocycles. The van der Waals surface area contributed by atoms with Crippen LogP contribution in [0.1, 0.15) is 13.8 Å². The molecule has 0 saturated carbocycles. The third-order valence-corrected chi connectivity index (χ3v) is 2.85. The summed E-state index contributed by atoms with van der Waals surface area (Å²) in [5.74, 6) is 0. The number of hydrogen-bond acceptors (Lipinski definition) is 2. The van der Waals surface area contributed by atoms with Gasteiger partial charge in [-0.15, -0.1) is 0 Å². The third kappa shape index (κ3) is 3.61. The van der Waals surface area contributed by atoms with Crippen molar-refractivity contribution >= 4 is 27.9 Å². The van der Waals surface area contributed by atoms with Gasteiger partial charge in [-0.2, -0.15) is 0 Å². The van der Waals surface area contributed by atoms with E-state index in [2.05, 4.69) is 46.6 Å². The molecule has 0 unspecified atom stereocenters. The van der Waals surface area contributed by atoms with Gasteiger partial charge in [0.15, 0.2) is 0 Å². The van der Waals surface area contributed by atoms with E-state index in [0.29, 0.717) is 6.04 Å². The van der Waals surface area contributed by atoms with Crippen LogP contribution in [0, 0.1) is 0 Å². The first kappa shape index (κ1) is 10.1. The number of halogens is 1. The van der Waals surface area contributed by atoms with Crippen LogP contribution >= 0.6 is 27.9 Å². The van der Waals surface area contributed by atoms with Crippen LogP contribution in [-0.2, 0) is 0 Å². The lowest BCUT2D eigenvalue weighted by atomic mass is 10.4. The Kier molecular flexibility index (Phi) is 4.12. The Morgan fingerprint density at radius 3 is 2.33 bits per heavy atom. The van der Waals surface area contributed by atoms with Crippen LogP contribution in [0.25, 0.3) is 0 Å². The molecule has 1 rings (SSSR count). The standard InChI is InChI=1S/C9H12BrNS/c1-7(2)11-12-9-5-3-8(10)4-6-9/h3-7,11H,1-2H3. The van der Waals surface area contributed by atoms with Gasteiger partial charge in [0.1, 0.15) is 0 Å². The summed E-state index contributed by atoms with van der Waals surface area (Å²) in [6.45, 7) is 4.26. The van der Waals surface area contributed by atoms with E-state index in [1.807, 2.05) is 12.1 Å². The molecule has 0 aromatic heterocycles. The maximum absolute atomic E-state index is 3.40. The first-order valence-corrected chi connectivity index (χ1v) is 5.47. The van der Waals surface area contributed by atoms with E-state index in [0.717, 1.165) is 4.47 Å². The maximum Gasteiger partial charge on any atom is 0.0228 e. The topological polar surface area (TPSA) is 12.0 Å². The average molecular weight is 246 g/mol. The second-order valence-electron chi connectivity index (χ2n) is 2.83. The van der Waals surface area contributed by atoms with Crippen molar-refractivity contribution in [3.8, 4) is 0 Å². The first-order chi connectivity index (χ1) is 5.68. The number of rotatable bonds is 3. The zero-order chi connectivity index (χ0) is 8.97. The van der Waals surface area contributed by atoms with Crippen molar-refractivity contribution < 1.29 is 0 Å². The van der Waals surface area contributed by atoms with Gasteiger partial charge in [0.05, 0.1) is 0 Å². The molecule has 12 heavy (non-hydrogen) atoms. The third-order valence-electron chi connectivity index (χ3n) is 1.23. The summed E-state index contributed by atoms with van der Waals surface area (Å²) in [6.07, 6.45) is 0. The Morgan fingerprint density at radius 1 is 1.25 bits per heavy atom. The van der Waals surface area contributed by atoms with Gasteiger partial charge >= 0.3 is 0 Å². The largest absolute Gasteiger partial charge is 0.257 e. The molecule has 0 saturated heterocycles. The second-order valence-corrected chi connectivity index (χ2v) is 4.66. The lowest BCUT2D eigenvalue weighted by Crippen LogP contribution is -2.13. The van der Waals surface area contributed by atoms with Gasteiger partial charge in [-0.3, -0.25) is 4.72 Å². The molecule has 0 aliphatic rings. The molecule has 66 valence electrons. The second kappa shape index (κ2) is 4.90. The fraction of sp³-hybridized carbons (Fsp3) is 0.333. The van der Waals surface area contributed by atoms with Gasteiger partial charge in [-0.25, -0.2) is 0 Å². The molecule has 0 aliphatic carbocycles. The molecule has 1 aromatic carbocycles. The lowest BCUT2D eigenvalue weighted by molar-refractivity contribution is 0.771. The van der Waals surface area contributed by atoms with Crippen LogP contribution < -0.4 is 4.72 Å². The highest BCUT2D eigenvalue weighted by Gasteiger charge is 1.95. The van der Waals surface area contributed by atoms with E-state index in [-0.39, 0.29) is 0 Å². The molecule has 0 heterocycles. The summed E-state index contributed by atoms with van der Waals surface area (Å²) in [5.41, 5.74) is 0. The Bertz CT molecular complexity index is 233. The fourth-order valence-electron chi connectivity index (χ4n) is 0.689. The summed E-state index contributed by atoms with van der Waals surface area (Å²) in [5, 5.41) is 0. The van der Waals surface area contributed by atoms with Crippen molar-refractivity contribution in [3.05, 3.63) is 28.7 Å². The van der Waals surface area contributed by atoms with E-state index in [9.17, 15) is 0 Å². The van der Waals surface area contributed by atoms with Crippen molar-refractivity contribution in [3.63, 3.8) is 0 Å². The van der Waals surface area contributed by atoms with Crippen molar-refractivity contribution in [2.24, 2.45) is 0 Å². The van der Waals surface area contributed by atoms with Crippen molar-refractivity contribution in [2.45, 2.75) is 24.8 Å². The smallest absolute Gasteiger partial charge is 0.0228 e. The summed E-state index contributed by atoms with van der Waals surface area (Å²) < 4.78 is 4.40. The van der Waals surface area contributed by atoms with Crippen molar-refractivity contribution in [1.82, 2.24) is 4.72 Å². The summed E-state index contributed by atoms with van der Waals surface area (Å²) in [7, 11) is 0. The van der Waals surface area contributed by atoms with Gasteiger partial charge in [-0.1, -0.05) is 15.9 Å². The molecule has 0 spiro atoms.